The largest absolute Gasteiger partial charge is 0.373 e. The van der Waals surface area contributed by atoms with E-state index in [0.717, 1.165) is 19.4 Å². The molecule has 4 heteroatoms. The summed E-state index contributed by atoms with van der Waals surface area (Å²) in [6, 6.07) is -0.440. The lowest BCUT2D eigenvalue weighted by molar-refractivity contribution is -0.123. The average Bonchev–Trinajstić information content (AvgIpc) is 2.48. The van der Waals surface area contributed by atoms with Crippen molar-refractivity contribution in [2.45, 2.75) is 38.3 Å². The number of carbonyl (C=O) groups is 1. The van der Waals surface area contributed by atoms with Crippen molar-refractivity contribution in [1.29, 1.82) is 0 Å². The van der Waals surface area contributed by atoms with Crippen molar-refractivity contribution in [3.05, 3.63) is 0 Å². The average molecular weight is 186 g/mol. The minimum atomic E-state index is -0.440. The van der Waals surface area contributed by atoms with E-state index in [4.69, 9.17) is 10.5 Å². The Kier molecular flexibility index (Phi) is 3.27. The molecule has 1 aliphatic heterocycles. The van der Waals surface area contributed by atoms with Crippen LogP contribution in [0.1, 0.15) is 26.7 Å². The summed E-state index contributed by atoms with van der Waals surface area (Å²) in [6.07, 6.45) is 2.08. The Balaban J connectivity index is 2.29. The summed E-state index contributed by atoms with van der Waals surface area (Å²) in [5, 5.41) is 2.78. The van der Waals surface area contributed by atoms with Crippen LogP contribution in [0.25, 0.3) is 0 Å². The van der Waals surface area contributed by atoms with Crippen LogP contribution in [0.4, 0.5) is 0 Å². The number of carbonyl (C=O) groups excluding carboxylic acids is 1. The van der Waals surface area contributed by atoms with Crippen molar-refractivity contribution in [3.63, 3.8) is 0 Å². The first kappa shape index (κ1) is 10.5. The van der Waals surface area contributed by atoms with Gasteiger partial charge >= 0.3 is 0 Å². The number of nitrogens with one attached hydrogen (secondary N) is 1. The minimum absolute atomic E-state index is 0.114. The molecule has 1 aliphatic rings. The Bertz CT molecular complexity index is 186. The normalized spacial score (nSPS) is 30.1. The second kappa shape index (κ2) is 4.07. The van der Waals surface area contributed by atoms with E-state index in [1.54, 1.807) is 6.92 Å². The van der Waals surface area contributed by atoms with Crippen LogP contribution in [0.3, 0.4) is 0 Å². The molecule has 0 saturated carbocycles. The summed E-state index contributed by atoms with van der Waals surface area (Å²) in [7, 11) is 0. The molecule has 1 heterocycles. The van der Waals surface area contributed by atoms with Gasteiger partial charge < -0.3 is 15.8 Å². The second-order valence-corrected chi connectivity index (χ2v) is 3.91. The van der Waals surface area contributed by atoms with Gasteiger partial charge in [-0.25, -0.2) is 0 Å². The fourth-order valence-corrected chi connectivity index (χ4v) is 1.41. The van der Waals surface area contributed by atoms with Crippen LogP contribution in [0, 0.1) is 0 Å². The van der Waals surface area contributed by atoms with Crippen molar-refractivity contribution >= 4 is 5.91 Å². The van der Waals surface area contributed by atoms with Gasteiger partial charge in [0.05, 0.1) is 11.6 Å². The molecule has 3 N–H and O–H groups in total. The van der Waals surface area contributed by atoms with E-state index in [9.17, 15) is 4.79 Å². The summed E-state index contributed by atoms with van der Waals surface area (Å²) in [5.41, 5.74) is 5.23. The number of amides is 1. The summed E-state index contributed by atoms with van der Waals surface area (Å²) >= 11 is 0. The maximum absolute atomic E-state index is 11.2. The molecule has 0 aromatic rings. The van der Waals surface area contributed by atoms with Gasteiger partial charge in [0.25, 0.3) is 0 Å². The van der Waals surface area contributed by atoms with Gasteiger partial charge in [-0.15, -0.1) is 0 Å². The first-order valence-corrected chi connectivity index (χ1v) is 4.71. The summed E-state index contributed by atoms with van der Waals surface area (Å²) in [4.78, 5) is 11.2. The highest BCUT2D eigenvalue weighted by Gasteiger charge is 2.30. The monoisotopic (exact) mass is 186 g/mol. The summed E-state index contributed by atoms with van der Waals surface area (Å²) in [5.74, 6) is -0.114. The Morgan fingerprint density at radius 1 is 1.77 bits per heavy atom. The molecule has 0 bridgehead atoms. The van der Waals surface area contributed by atoms with Crippen molar-refractivity contribution in [2.24, 2.45) is 5.73 Å². The zero-order valence-corrected chi connectivity index (χ0v) is 8.30. The number of rotatable bonds is 3. The zero-order valence-electron chi connectivity index (χ0n) is 8.30. The molecule has 1 amide bonds. The first-order valence-electron chi connectivity index (χ1n) is 4.71. The maximum atomic E-state index is 11.2. The molecular weight excluding hydrogens is 168 g/mol. The molecule has 4 nitrogen and oxygen atoms in total. The highest BCUT2D eigenvalue weighted by atomic mass is 16.5. The van der Waals surface area contributed by atoms with E-state index in [0.29, 0.717) is 6.54 Å². The number of hydrogen-bond donors (Lipinski definition) is 2. The third-order valence-corrected chi connectivity index (χ3v) is 2.35. The molecule has 0 aromatic heterocycles. The molecule has 13 heavy (non-hydrogen) atoms. The second-order valence-electron chi connectivity index (χ2n) is 3.91. The van der Waals surface area contributed by atoms with Crippen LogP contribution < -0.4 is 11.1 Å². The van der Waals surface area contributed by atoms with Gasteiger partial charge in [-0.3, -0.25) is 4.79 Å². The van der Waals surface area contributed by atoms with Gasteiger partial charge in [0.2, 0.25) is 5.91 Å². The topological polar surface area (TPSA) is 64.4 Å². The Hall–Kier alpha value is -0.610. The van der Waals surface area contributed by atoms with E-state index >= 15 is 0 Å². The van der Waals surface area contributed by atoms with Gasteiger partial charge in [0.1, 0.15) is 0 Å². The highest BCUT2D eigenvalue weighted by Crippen LogP contribution is 2.23. The molecule has 1 saturated heterocycles. The standard InChI is InChI=1S/C9H18N2O2/c1-7(10)8(12)11-6-9(2)4-3-5-13-9/h7H,3-6,10H2,1-2H3,(H,11,12). The minimum Gasteiger partial charge on any atom is -0.373 e. The van der Waals surface area contributed by atoms with Crippen LogP contribution in [0.2, 0.25) is 0 Å². The number of nitrogens with two attached hydrogens (primary N) is 1. The Labute approximate surface area is 78.8 Å². The van der Waals surface area contributed by atoms with Gasteiger partial charge in [-0.2, -0.15) is 0 Å². The first-order chi connectivity index (χ1) is 6.03. The molecule has 1 fully saturated rings. The third-order valence-electron chi connectivity index (χ3n) is 2.35. The van der Waals surface area contributed by atoms with Crippen LogP contribution in [0.5, 0.6) is 0 Å². The van der Waals surface area contributed by atoms with Crippen LogP contribution in [-0.4, -0.2) is 30.7 Å². The lowest BCUT2D eigenvalue weighted by Gasteiger charge is -2.23. The molecule has 0 aromatic carbocycles. The summed E-state index contributed by atoms with van der Waals surface area (Å²) < 4.78 is 5.52. The lowest BCUT2D eigenvalue weighted by Crippen LogP contribution is -2.45. The third kappa shape index (κ3) is 2.97. The smallest absolute Gasteiger partial charge is 0.236 e. The molecule has 2 atom stereocenters. The molecule has 2 unspecified atom stereocenters. The fraction of sp³-hybridized carbons (Fsp3) is 0.889. The van der Waals surface area contributed by atoms with Crippen LogP contribution >= 0.6 is 0 Å². The fourth-order valence-electron chi connectivity index (χ4n) is 1.41. The van der Waals surface area contributed by atoms with Gasteiger partial charge in [0, 0.05) is 13.2 Å². The van der Waals surface area contributed by atoms with Crippen molar-refractivity contribution < 1.29 is 9.53 Å². The molecule has 0 spiro atoms. The SMILES string of the molecule is CC(N)C(=O)NCC1(C)CCCO1. The molecule has 0 aliphatic carbocycles. The molecule has 1 rings (SSSR count). The number of hydrogen-bond acceptors (Lipinski definition) is 3. The van der Waals surface area contributed by atoms with Crippen LogP contribution in [0.15, 0.2) is 0 Å². The quantitative estimate of drug-likeness (QED) is 0.653. The molecule has 0 radical (unpaired) electrons. The lowest BCUT2D eigenvalue weighted by atomic mass is 10.0. The predicted octanol–water partition coefficient (Wildman–Crippen LogP) is 0.0189. The molecule has 76 valence electrons. The van der Waals surface area contributed by atoms with Crippen molar-refractivity contribution in [1.82, 2.24) is 5.32 Å². The number of ether oxygens (including phenoxy) is 1. The van der Waals surface area contributed by atoms with E-state index in [-0.39, 0.29) is 11.5 Å². The van der Waals surface area contributed by atoms with Crippen molar-refractivity contribution in [3.8, 4) is 0 Å². The van der Waals surface area contributed by atoms with Gasteiger partial charge in [-0.1, -0.05) is 0 Å². The molecular formula is C9H18N2O2. The van der Waals surface area contributed by atoms with Gasteiger partial charge in [0.15, 0.2) is 0 Å². The summed E-state index contributed by atoms with van der Waals surface area (Å²) in [6.45, 7) is 5.05. The predicted molar refractivity (Wildman–Crippen MR) is 50.3 cm³/mol. The van der Waals surface area contributed by atoms with Crippen molar-refractivity contribution in [2.75, 3.05) is 13.2 Å². The van der Waals surface area contributed by atoms with E-state index in [2.05, 4.69) is 5.32 Å². The zero-order chi connectivity index (χ0) is 9.90. The maximum Gasteiger partial charge on any atom is 0.236 e. The van der Waals surface area contributed by atoms with E-state index in [1.807, 2.05) is 6.92 Å². The Morgan fingerprint density at radius 3 is 2.92 bits per heavy atom. The highest BCUT2D eigenvalue weighted by molar-refractivity contribution is 5.81. The van der Waals surface area contributed by atoms with Gasteiger partial charge in [-0.05, 0) is 26.7 Å². The van der Waals surface area contributed by atoms with E-state index in [1.165, 1.54) is 0 Å². The Morgan fingerprint density at radius 2 is 2.46 bits per heavy atom. The van der Waals surface area contributed by atoms with E-state index < -0.39 is 6.04 Å². The van der Waals surface area contributed by atoms with Crippen LogP contribution in [-0.2, 0) is 9.53 Å².